The Kier molecular flexibility index (Phi) is 19.5. The minimum absolute atomic E-state index is 0.0840. The summed E-state index contributed by atoms with van der Waals surface area (Å²) in [5, 5.41) is 14.7. The smallest absolute Gasteiger partial charge is 0.408 e. The summed E-state index contributed by atoms with van der Waals surface area (Å²) < 4.78 is 21.3. The molecule has 16 heteroatoms. The molecule has 1 fully saturated rings. The van der Waals surface area contributed by atoms with E-state index < -0.39 is 64.7 Å². The van der Waals surface area contributed by atoms with Crippen LogP contribution in [0.3, 0.4) is 0 Å². The zero-order chi connectivity index (χ0) is 44.4. The maximum atomic E-state index is 14.2. The molecule has 1 aliphatic heterocycles. The van der Waals surface area contributed by atoms with Crippen molar-refractivity contribution >= 4 is 36.1 Å². The van der Waals surface area contributed by atoms with E-state index in [1.165, 1.54) is 7.11 Å². The highest BCUT2D eigenvalue weighted by Crippen LogP contribution is 2.26. The van der Waals surface area contributed by atoms with Gasteiger partial charge < -0.3 is 50.4 Å². The van der Waals surface area contributed by atoms with Gasteiger partial charge in [0, 0.05) is 32.6 Å². The lowest BCUT2D eigenvalue weighted by molar-refractivity contribution is -0.153. The Balaban J connectivity index is 2.24. The lowest BCUT2D eigenvalue weighted by Crippen LogP contribution is -2.62. The van der Waals surface area contributed by atoms with Crippen molar-refractivity contribution in [2.75, 3.05) is 33.3 Å². The highest BCUT2D eigenvalue weighted by molar-refractivity contribution is 5.87. The van der Waals surface area contributed by atoms with Crippen LogP contribution in [-0.2, 0) is 33.3 Å². The summed E-state index contributed by atoms with van der Waals surface area (Å²) in [6.45, 7) is 18.3. The molecule has 16 nitrogen and oxygen atoms in total. The predicted octanol–water partition coefficient (Wildman–Crippen LogP) is 5.25. The van der Waals surface area contributed by atoms with Crippen molar-refractivity contribution in [3.63, 3.8) is 0 Å². The van der Waals surface area contributed by atoms with Crippen molar-refractivity contribution in [3.8, 4) is 11.8 Å². The second-order valence-electron chi connectivity index (χ2n) is 17.6. The van der Waals surface area contributed by atoms with Crippen molar-refractivity contribution in [2.24, 2.45) is 0 Å². The highest BCUT2D eigenvalue weighted by atomic mass is 16.6. The summed E-state index contributed by atoms with van der Waals surface area (Å²) >= 11 is 0. The van der Waals surface area contributed by atoms with E-state index in [0.29, 0.717) is 25.8 Å². The molecular formula is C43H68N6O10. The molecule has 5 N–H and O–H groups in total. The molecule has 1 aliphatic rings. The lowest BCUT2D eigenvalue weighted by Gasteiger charge is -2.41. The van der Waals surface area contributed by atoms with Crippen molar-refractivity contribution in [2.45, 2.75) is 155 Å². The summed E-state index contributed by atoms with van der Waals surface area (Å²) in [4.78, 5) is 80.2. The second-order valence-corrected chi connectivity index (χ2v) is 17.6. The molecule has 1 saturated heterocycles. The largest absolute Gasteiger partial charge is 0.467 e. The summed E-state index contributed by atoms with van der Waals surface area (Å²) in [6.07, 6.45) is -0.0451. The molecule has 0 aliphatic carbocycles. The number of methoxy groups -OCH3 is 1. The monoisotopic (exact) mass is 828 g/mol. The number of piperidine rings is 1. The minimum Gasteiger partial charge on any atom is -0.467 e. The molecule has 2 unspecified atom stereocenters. The molecule has 1 aromatic carbocycles. The number of amides is 5. The van der Waals surface area contributed by atoms with Gasteiger partial charge in [-0.25, -0.2) is 19.2 Å². The predicted molar refractivity (Wildman–Crippen MR) is 223 cm³/mol. The lowest BCUT2D eigenvalue weighted by atomic mass is 9.87. The number of carbonyl (C=O) groups is 6. The van der Waals surface area contributed by atoms with Gasteiger partial charge in [0.25, 0.3) is 0 Å². The van der Waals surface area contributed by atoms with Gasteiger partial charge in [-0.1, -0.05) is 30.3 Å². The number of esters is 1. The third-order valence-electron chi connectivity index (χ3n) is 8.91. The van der Waals surface area contributed by atoms with E-state index in [9.17, 15) is 28.8 Å². The zero-order valence-corrected chi connectivity index (χ0v) is 36.9. The van der Waals surface area contributed by atoms with Crippen molar-refractivity contribution in [1.29, 1.82) is 0 Å². The molecule has 0 radical (unpaired) electrons. The molecule has 330 valence electrons. The van der Waals surface area contributed by atoms with Crippen LogP contribution in [0.15, 0.2) is 30.3 Å². The van der Waals surface area contributed by atoms with Crippen LogP contribution < -0.4 is 26.6 Å². The van der Waals surface area contributed by atoms with Gasteiger partial charge in [-0.05, 0) is 107 Å². The summed E-state index contributed by atoms with van der Waals surface area (Å²) in [5.74, 6) is 4.69. The van der Waals surface area contributed by atoms with E-state index in [0.717, 1.165) is 5.56 Å². The maximum Gasteiger partial charge on any atom is 0.408 e. The Bertz CT molecular complexity index is 1610. The van der Waals surface area contributed by atoms with E-state index in [1.54, 1.807) is 74.1 Å². The van der Waals surface area contributed by atoms with Crippen molar-refractivity contribution in [3.05, 3.63) is 35.9 Å². The Hall–Kier alpha value is -5.04. The van der Waals surface area contributed by atoms with Gasteiger partial charge in [0.1, 0.15) is 22.3 Å². The first-order chi connectivity index (χ1) is 27.5. The molecule has 0 saturated carbocycles. The summed E-state index contributed by atoms with van der Waals surface area (Å²) in [7, 11) is 1.24. The molecule has 0 bridgehead atoms. The normalized spacial score (nSPS) is 15.5. The Labute approximate surface area is 350 Å². The van der Waals surface area contributed by atoms with Gasteiger partial charge in [0.15, 0.2) is 0 Å². The number of hydrogen-bond acceptors (Lipinski definition) is 11. The Morgan fingerprint density at radius 1 is 0.797 bits per heavy atom. The van der Waals surface area contributed by atoms with Gasteiger partial charge in [-0.3, -0.25) is 9.59 Å². The highest BCUT2D eigenvalue weighted by Gasteiger charge is 2.46. The number of benzene rings is 1. The number of hydrogen-bond donors (Lipinski definition) is 5. The number of nitrogens with zero attached hydrogens (tertiary/aromatic N) is 1. The van der Waals surface area contributed by atoms with Crippen LogP contribution in [0.1, 0.15) is 126 Å². The maximum absolute atomic E-state index is 14.2. The first-order valence-electron chi connectivity index (χ1n) is 20.3. The van der Waals surface area contributed by atoms with Gasteiger partial charge in [-0.2, -0.15) is 0 Å². The van der Waals surface area contributed by atoms with Crippen molar-refractivity contribution < 1.29 is 47.7 Å². The van der Waals surface area contributed by atoms with Crippen LogP contribution in [0.2, 0.25) is 0 Å². The molecule has 0 aromatic heterocycles. The summed E-state index contributed by atoms with van der Waals surface area (Å²) in [6, 6.07) is 7.22. The average Bonchev–Trinajstić information content (AvgIpc) is 3.12. The first kappa shape index (κ1) is 50.1. The fourth-order valence-electron chi connectivity index (χ4n) is 6.24. The average molecular weight is 829 g/mol. The third kappa shape index (κ3) is 19.5. The molecule has 5 amide bonds. The van der Waals surface area contributed by atoms with E-state index in [4.69, 9.17) is 18.9 Å². The fraction of sp³-hybridized carbons (Fsp3) is 0.674. The number of unbranched alkanes of at least 4 members (excludes halogenated alkanes) is 1. The second kappa shape index (κ2) is 22.9. The number of likely N-dealkylation sites (tertiary alicyclic amines) is 1. The van der Waals surface area contributed by atoms with Gasteiger partial charge in [0.05, 0.1) is 31.7 Å². The molecule has 2 rings (SSSR count). The van der Waals surface area contributed by atoms with Crippen LogP contribution in [0.4, 0.5) is 14.4 Å². The number of nitrogens with one attached hydrogen (secondary N) is 5. The standard InChI is InChI=1S/C43H68N6O10/c1-12-13-21-31(46-34(50)28-33(30-19-15-14-16-20-30)47-38(54)58-41(5,6)7)29-45-32(22-17-18-25-44-37(53)57-40(2,3)4)35(51)49-26-23-43(24-27-49,36(52)56-11)48-39(55)59-42(8,9)10/h14-16,19-20,31-33,45H,17-18,21-29H2,1-11H3,(H,44,53)(H,46,50)(H,47,54)(H,48,55)/t31?,32-,33?/m1/s1. The first-order valence-corrected chi connectivity index (χ1v) is 20.3. The third-order valence-corrected chi connectivity index (χ3v) is 8.91. The number of alkyl carbamates (subject to hydrolysis) is 3. The van der Waals surface area contributed by atoms with E-state index in [1.807, 2.05) is 30.3 Å². The van der Waals surface area contributed by atoms with Gasteiger partial charge in [-0.15, -0.1) is 11.8 Å². The number of ether oxygens (including phenoxy) is 4. The molecule has 3 atom stereocenters. The number of carbonyl (C=O) groups excluding carboxylic acids is 6. The van der Waals surface area contributed by atoms with Crippen LogP contribution in [-0.4, -0.2) is 109 Å². The summed E-state index contributed by atoms with van der Waals surface area (Å²) in [5.41, 5.74) is -2.82. The van der Waals surface area contributed by atoms with E-state index in [2.05, 4.69) is 38.4 Å². The number of rotatable bonds is 17. The molecule has 1 aromatic rings. The zero-order valence-electron chi connectivity index (χ0n) is 36.9. The molecular weight excluding hydrogens is 761 g/mol. The van der Waals surface area contributed by atoms with Crippen molar-refractivity contribution in [1.82, 2.24) is 31.5 Å². The van der Waals surface area contributed by atoms with Crippen LogP contribution in [0.5, 0.6) is 0 Å². The molecule has 59 heavy (non-hydrogen) atoms. The van der Waals surface area contributed by atoms with E-state index in [-0.39, 0.29) is 57.1 Å². The SMILES string of the molecule is CC#CCC(CN[C@H](CCCCNC(=O)OC(C)(C)C)C(=O)N1CCC(NC(=O)OC(C)(C)C)(C(=O)OC)CC1)NC(=O)CC(NC(=O)OC(C)(C)C)c1ccccc1. The molecule has 1 heterocycles. The quantitative estimate of drug-likeness (QED) is 0.0594. The Morgan fingerprint density at radius 3 is 1.93 bits per heavy atom. The van der Waals surface area contributed by atoms with Crippen LogP contribution in [0, 0.1) is 11.8 Å². The van der Waals surface area contributed by atoms with Crippen LogP contribution >= 0.6 is 0 Å². The topological polar surface area (TPSA) is 203 Å². The van der Waals surface area contributed by atoms with Gasteiger partial charge in [0.2, 0.25) is 11.8 Å². The van der Waals surface area contributed by atoms with E-state index >= 15 is 0 Å². The fourth-order valence-corrected chi connectivity index (χ4v) is 6.24. The molecule has 0 spiro atoms. The van der Waals surface area contributed by atoms with Gasteiger partial charge >= 0.3 is 24.2 Å². The minimum atomic E-state index is -1.38. The Morgan fingerprint density at radius 2 is 1.37 bits per heavy atom. The van der Waals surface area contributed by atoms with Crippen LogP contribution in [0.25, 0.3) is 0 Å².